The molecule has 2 aliphatic carbocycles. The van der Waals surface area contributed by atoms with Crippen LogP contribution in [0.3, 0.4) is 0 Å². The first-order chi connectivity index (χ1) is 8.55. The molecule has 1 saturated heterocycles. The Hall–Kier alpha value is -0.130. The van der Waals surface area contributed by atoms with E-state index in [2.05, 4.69) is 5.32 Å². The highest BCUT2D eigenvalue weighted by Crippen LogP contribution is 2.39. The molecule has 4 unspecified atom stereocenters. The van der Waals surface area contributed by atoms with Gasteiger partial charge in [-0.2, -0.15) is 0 Å². The molecule has 1 heterocycles. The van der Waals surface area contributed by atoms with Crippen molar-refractivity contribution in [3.05, 3.63) is 0 Å². The number of nitrogens with one attached hydrogen (secondary N) is 1. The molecule has 0 aromatic rings. The van der Waals surface area contributed by atoms with Gasteiger partial charge in [-0.15, -0.1) is 0 Å². The van der Waals surface area contributed by atoms with Crippen molar-refractivity contribution in [1.29, 1.82) is 0 Å². The topological polar surface area (TPSA) is 55.4 Å². The van der Waals surface area contributed by atoms with Gasteiger partial charge in [-0.05, 0) is 38.0 Å². The van der Waals surface area contributed by atoms with Gasteiger partial charge in [0.25, 0.3) is 0 Å². The monoisotopic (exact) mass is 273 g/mol. The Morgan fingerprint density at radius 1 is 1.06 bits per heavy atom. The third kappa shape index (κ3) is 2.58. The van der Waals surface area contributed by atoms with Gasteiger partial charge in [0.05, 0.1) is 11.4 Å². The molecule has 0 aromatic heterocycles. The van der Waals surface area contributed by atoms with E-state index in [1.54, 1.807) is 0 Å². The molecular formula is C13H23NO3S. The molecule has 0 spiro atoms. The van der Waals surface area contributed by atoms with Gasteiger partial charge in [-0.1, -0.05) is 6.42 Å². The maximum atomic E-state index is 11.8. The maximum Gasteiger partial charge on any atom is 0.151 e. The van der Waals surface area contributed by atoms with Crippen molar-refractivity contribution >= 4 is 9.84 Å². The summed E-state index contributed by atoms with van der Waals surface area (Å²) in [6, 6.07) is 0.526. The first kappa shape index (κ1) is 12.9. The molecule has 5 heteroatoms. The molecular weight excluding hydrogens is 250 g/mol. The molecule has 18 heavy (non-hydrogen) atoms. The molecule has 1 N–H and O–H groups in total. The van der Waals surface area contributed by atoms with Crippen molar-refractivity contribution in [2.75, 3.05) is 12.9 Å². The Balaban J connectivity index is 1.64. The molecule has 4 atom stereocenters. The normalized spacial score (nSPS) is 41.4. The molecule has 4 nitrogen and oxygen atoms in total. The molecule has 1 aliphatic heterocycles. The fraction of sp³-hybridized carbons (Fsp3) is 1.00. The van der Waals surface area contributed by atoms with Crippen molar-refractivity contribution in [2.24, 2.45) is 5.92 Å². The molecule has 3 fully saturated rings. The quantitative estimate of drug-likeness (QED) is 0.833. The van der Waals surface area contributed by atoms with Gasteiger partial charge in [0.15, 0.2) is 9.84 Å². The fourth-order valence-corrected chi connectivity index (χ4v) is 4.99. The van der Waals surface area contributed by atoms with Gasteiger partial charge in [-0.25, -0.2) is 8.42 Å². The minimum Gasteiger partial charge on any atom is -0.376 e. The van der Waals surface area contributed by atoms with Crippen molar-refractivity contribution in [2.45, 2.75) is 62.0 Å². The number of hydrogen-bond acceptors (Lipinski definition) is 4. The summed E-state index contributed by atoms with van der Waals surface area (Å²) in [5.41, 5.74) is 0. The number of hydrogen-bond donors (Lipinski definition) is 1. The second kappa shape index (κ2) is 4.76. The van der Waals surface area contributed by atoms with Gasteiger partial charge in [0, 0.05) is 24.9 Å². The molecule has 2 saturated carbocycles. The van der Waals surface area contributed by atoms with Crippen LogP contribution in [-0.2, 0) is 14.6 Å². The standard InChI is InChI=1S/C13H23NO3S/c1-18(15,16)12-4-2-3-10(12)14-11-7-8-17-13(11)9-5-6-9/h9-14H,2-8H2,1H3. The second-order valence-corrected chi connectivity index (χ2v) is 8.40. The third-order valence-electron chi connectivity index (χ3n) is 4.65. The lowest BCUT2D eigenvalue weighted by Crippen LogP contribution is -2.48. The van der Waals surface area contributed by atoms with Crippen LogP contribution in [0.15, 0.2) is 0 Å². The summed E-state index contributed by atoms with van der Waals surface area (Å²) in [4.78, 5) is 0. The Morgan fingerprint density at radius 2 is 1.83 bits per heavy atom. The van der Waals surface area contributed by atoms with Crippen LogP contribution in [0, 0.1) is 5.92 Å². The average Bonchev–Trinajstić information content (AvgIpc) is 2.85. The van der Waals surface area contributed by atoms with Crippen LogP contribution in [0.1, 0.15) is 38.5 Å². The fourth-order valence-electron chi connectivity index (χ4n) is 3.58. The number of rotatable bonds is 4. The number of sulfone groups is 1. The summed E-state index contributed by atoms with van der Waals surface area (Å²) >= 11 is 0. The van der Waals surface area contributed by atoms with Crippen molar-refractivity contribution in [3.63, 3.8) is 0 Å². The second-order valence-electron chi connectivity index (χ2n) is 6.14. The Bertz CT molecular complexity index is 404. The van der Waals surface area contributed by atoms with E-state index in [-0.39, 0.29) is 11.3 Å². The minimum atomic E-state index is -2.92. The predicted octanol–water partition coefficient (Wildman–Crippen LogP) is 1.11. The highest BCUT2D eigenvalue weighted by molar-refractivity contribution is 7.91. The SMILES string of the molecule is CS(=O)(=O)C1CCCC1NC1CCOC1C1CC1. The van der Waals surface area contributed by atoms with Crippen LogP contribution >= 0.6 is 0 Å². The van der Waals surface area contributed by atoms with E-state index in [0.29, 0.717) is 12.1 Å². The smallest absolute Gasteiger partial charge is 0.151 e. The first-order valence-electron chi connectivity index (χ1n) is 7.12. The lowest BCUT2D eigenvalue weighted by Gasteiger charge is -2.26. The first-order valence-corrected chi connectivity index (χ1v) is 9.07. The van der Waals surface area contributed by atoms with Gasteiger partial charge in [0.1, 0.15) is 0 Å². The summed E-state index contributed by atoms with van der Waals surface area (Å²) in [6.07, 6.45) is 8.15. The Labute approximate surface area is 109 Å². The molecule has 104 valence electrons. The Morgan fingerprint density at radius 3 is 2.50 bits per heavy atom. The van der Waals surface area contributed by atoms with E-state index in [4.69, 9.17) is 4.74 Å². The molecule has 3 aliphatic rings. The van der Waals surface area contributed by atoms with E-state index in [1.165, 1.54) is 19.1 Å². The van der Waals surface area contributed by atoms with Crippen molar-refractivity contribution < 1.29 is 13.2 Å². The molecule has 3 rings (SSSR count). The lowest BCUT2D eigenvalue weighted by molar-refractivity contribution is 0.0790. The zero-order valence-electron chi connectivity index (χ0n) is 11.0. The van der Waals surface area contributed by atoms with Crippen LogP contribution in [0.4, 0.5) is 0 Å². The largest absolute Gasteiger partial charge is 0.376 e. The van der Waals surface area contributed by atoms with E-state index in [0.717, 1.165) is 38.2 Å². The molecule has 0 amide bonds. The average molecular weight is 273 g/mol. The van der Waals surface area contributed by atoms with E-state index in [9.17, 15) is 8.42 Å². The van der Waals surface area contributed by atoms with Gasteiger partial charge in [0.2, 0.25) is 0 Å². The zero-order valence-corrected chi connectivity index (χ0v) is 11.8. The van der Waals surface area contributed by atoms with E-state index in [1.807, 2.05) is 0 Å². The van der Waals surface area contributed by atoms with E-state index >= 15 is 0 Å². The summed E-state index contributed by atoms with van der Waals surface area (Å²) in [7, 11) is -2.92. The van der Waals surface area contributed by atoms with Crippen molar-refractivity contribution in [3.8, 4) is 0 Å². The summed E-state index contributed by atoms with van der Waals surface area (Å²) in [6.45, 7) is 0.828. The van der Waals surface area contributed by atoms with Crippen LogP contribution in [-0.4, -0.2) is 44.7 Å². The molecule has 0 bridgehead atoms. The van der Waals surface area contributed by atoms with Crippen LogP contribution < -0.4 is 5.32 Å². The van der Waals surface area contributed by atoms with E-state index < -0.39 is 9.84 Å². The minimum absolute atomic E-state index is 0.146. The third-order valence-corrected chi connectivity index (χ3v) is 6.32. The molecule has 0 radical (unpaired) electrons. The van der Waals surface area contributed by atoms with Crippen LogP contribution in [0.25, 0.3) is 0 Å². The Kier molecular flexibility index (Phi) is 3.41. The highest BCUT2D eigenvalue weighted by Gasteiger charge is 2.43. The zero-order chi connectivity index (χ0) is 12.8. The summed E-state index contributed by atoms with van der Waals surface area (Å²) in [5, 5.41) is 3.42. The van der Waals surface area contributed by atoms with Gasteiger partial charge < -0.3 is 10.1 Å². The summed E-state index contributed by atoms with van der Waals surface area (Å²) < 4.78 is 29.4. The summed E-state index contributed by atoms with van der Waals surface area (Å²) in [5.74, 6) is 0.725. The highest BCUT2D eigenvalue weighted by atomic mass is 32.2. The predicted molar refractivity (Wildman–Crippen MR) is 70.3 cm³/mol. The van der Waals surface area contributed by atoms with Gasteiger partial charge in [-0.3, -0.25) is 0 Å². The molecule has 0 aromatic carbocycles. The van der Waals surface area contributed by atoms with Crippen LogP contribution in [0.5, 0.6) is 0 Å². The van der Waals surface area contributed by atoms with Gasteiger partial charge >= 0.3 is 0 Å². The van der Waals surface area contributed by atoms with Crippen LogP contribution in [0.2, 0.25) is 0 Å². The number of ether oxygens (including phenoxy) is 1. The lowest BCUT2D eigenvalue weighted by atomic mass is 10.0. The maximum absolute atomic E-state index is 11.8. The van der Waals surface area contributed by atoms with Crippen molar-refractivity contribution in [1.82, 2.24) is 5.32 Å².